The zero-order chi connectivity index (χ0) is 21.3. The molecule has 0 aliphatic carbocycles. The van der Waals surface area contributed by atoms with Gasteiger partial charge in [0.05, 0.1) is 32.4 Å². The average molecular weight is 435 g/mol. The van der Waals surface area contributed by atoms with E-state index < -0.39 is 33.4 Å². The SMILES string of the molecule is CC(=O)Nc1ccc(C(F)(F)F)cc1NC(=O)c1cc(S(C)(=O)=O)ccc1Cl. The number of carbonyl (C=O) groups excluding carboxylic acids is 2. The molecule has 0 bridgehead atoms. The third-order valence-corrected chi connectivity index (χ3v) is 4.96. The summed E-state index contributed by atoms with van der Waals surface area (Å²) >= 11 is 5.93. The molecule has 0 fully saturated rings. The predicted molar refractivity (Wildman–Crippen MR) is 98.3 cm³/mol. The van der Waals surface area contributed by atoms with E-state index in [0.29, 0.717) is 6.07 Å². The summed E-state index contributed by atoms with van der Waals surface area (Å²) in [6, 6.07) is 5.79. The predicted octanol–water partition coefficient (Wildman–Crippen LogP) is 3.97. The maximum Gasteiger partial charge on any atom is 0.416 e. The van der Waals surface area contributed by atoms with Crippen LogP contribution >= 0.6 is 11.6 Å². The van der Waals surface area contributed by atoms with Crippen LogP contribution in [0, 0.1) is 0 Å². The molecule has 0 saturated carbocycles. The maximum atomic E-state index is 13.0. The maximum absolute atomic E-state index is 13.0. The quantitative estimate of drug-likeness (QED) is 0.761. The fourth-order valence-electron chi connectivity index (χ4n) is 2.22. The van der Waals surface area contributed by atoms with E-state index in [1.54, 1.807) is 0 Å². The first-order valence-electron chi connectivity index (χ1n) is 7.59. The molecule has 2 aromatic rings. The molecule has 0 aliphatic rings. The molecule has 6 nitrogen and oxygen atoms in total. The van der Waals surface area contributed by atoms with Gasteiger partial charge in [-0.15, -0.1) is 0 Å². The summed E-state index contributed by atoms with van der Waals surface area (Å²) in [6.07, 6.45) is -3.75. The highest BCUT2D eigenvalue weighted by Gasteiger charge is 2.31. The zero-order valence-corrected chi connectivity index (χ0v) is 16.1. The Hall–Kier alpha value is -2.59. The van der Waals surface area contributed by atoms with Crippen LogP contribution in [0.15, 0.2) is 41.3 Å². The Kier molecular flexibility index (Phi) is 6.05. The second kappa shape index (κ2) is 7.80. The van der Waals surface area contributed by atoms with Gasteiger partial charge in [0.2, 0.25) is 5.91 Å². The number of nitrogens with one attached hydrogen (secondary N) is 2. The van der Waals surface area contributed by atoms with Crippen molar-refractivity contribution in [3.63, 3.8) is 0 Å². The van der Waals surface area contributed by atoms with E-state index in [0.717, 1.165) is 31.4 Å². The number of rotatable bonds is 4. The van der Waals surface area contributed by atoms with Crippen molar-refractivity contribution >= 4 is 44.6 Å². The van der Waals surface area contributed by atoms with E-state index in [1.165, 1.54) is 12.1 Å². The summed E-state index contributed by atoms with van der Waals surface area (Å²) < 4.78 is 62.3. The first kappa shape index (κ1) is 21.7. The summed E-state index contributed by atoms with van der Waals surface area (Å²) in [6.45, 7) is 1.15. The van der Waals surface area contributed by atoms with Crippen LogP contribution < -0.4 is 10.6 Å². The Morgan fingerprint density at radius 3 is 2.18 bits per heavy atom. The van der Waals surface area contributed by atoms with E-state index in [-0.39, 0.29) is 26.9 Å². The lowest BCUT2D eigenvalue weighted by Gasteiger charge is -2.15. The Bertz CT molecular complexity index is 1050. The van der Waals surface area contributed by atoms with Gasteiger partial charge in [-0.2, -0.15) is 13.2 Å². The first-order chi connectivity index (χ1) is 12.8. The Labute approximate surface area is 163 Å². The molecule has 0 radical (unpaired) electrons. The minimum absolute atomic E-state index is 0.0655. The normalized spacial score (nSPS) is 11.8. The highest BCUT2D eigenvalue weighted by Crippen LogP contribution is 2.34. The first-order valence-corrected chi connectivity index (χ1v) is 9.86. The van der Waals surface area contributed by atoms with Gasteiger partial charge in [0.1, 0.15) is 0 Å². The van der Waals surface area contributed by atoms with Crippen molar-refractivity contribution in [2.24, 2.45) is 0 Å². The summed E-state index contributed by atoms with van der Waals surface area (Å²) in [4.78, 5) is 23.6. The summed E-state index contributed by atoms with van der Waals surface area (Å²) in [5, 5.41) is 4.44. The van der Waals surface area contributed by atoms with Crippen LogP contribution in [0.3, 0.4) is 0 Å². The van der Waals surface area contributed by atoms with E-state index in [1.807, 2.05) is 0 Å². The summed E-state index contributed by atoms with van der Waals surface area (Å²) in [5.41, 5.74) is -1.69. The van der Waals surface area contributed by atoms with Gasteiger partial charge in [-0.25, -0.2) is 8.42 Å². The summed E-state index contributed by atoms with van der Waals surface area (Å²) in [5.74, 6) is -1.51. The molecule has 2 N–H and O–H groups in total. The van der Waals surface area contributed by atoms with Crippen LogP contribution in [0.25, 0.3) is 0 Å². The number of sulfone groups is 1. The van der Waals surface area contributed by atoms with Crippen LogP contribution in [0.1, 0.15) is 22.8 Å². The Morgan fingerprint density at radius 1 is 1.00 bits per heavy atom. The van der Waals surface area contributed by atoms with Gasteiger partial charge >= 0.3 is 6.18 Å². The summed E-state index contributed by atoms with van der Waals surface area (Å²) in [7, 11) is -3.64. The van der Waals surface area contributed by atoms with E-state index >= 15 is 0 Å². The van der Waals surface area contributed by atoms with Gasteiger partial charge in [0.25, 0.3) is 5.91 Å². The molecule has 0 unspecified atom stereocenters. The largest absolute Gasteiger partial charge is 0.416 e. The lowest BCUT2D eigenvalue weighted by molar-refractivity contribution is -0.137. The van der Waals surface area contributed by atoms with Crippen molar-refractivity contribution in [3.05, 3.63) is 52.5 Å². The van der Waals surface area contributed by atoms with Crippen molar-refractivity contribution in [2.45, 2.75) is 18.0 Å². The average Bonchev–Trinajstić information content (AvgIpc) is 2.54. The number of carbonyl (C=O) groups is 2. The van der Waals surface area contributed by atoms with Gasteiger partial charge in [0, 0.05) is 13.2 Å². The van der Waals surface area contributed by atoms with Crippen molar-refractivity contribution in [1.82, 2.24) is 0 Å². The molecule has 28 heavy (non-hydrogen) atoms. The number of amides is 2. The fourth-order valence-corrected chi connectivity index (χ4v) is 3.07. The minimum Gasteiger partial charge on any atom is -0.325 e. The van der Waals surface area contributed by atoms with Gasteiger partial charge < -0.3 is 10.6 Å². The third-order valence-electron chi connectivity index (χ3n) is 3.52. The Morgan fingerprint density at radius 2 is 1.64 bits per heavy atom. The molecule has 0 spiro atoms. The number of alkyl halides is 3. The fraction of sp³-hybridized carbons (Fsp3) is 0.176. The Balaban J connectivity index is 2.49. The molecule has 0 aliphatic heterocycles. The number of halogens is 4. The van der Waals surface area contributed by atoms with Crippen LogP contribution in [-0.4, -0.2) is 26.5 Å². The monoisotopic (exact) mass is 434 g/mol. The standard InChI is InChI=1S/C17H14ClF3N2O4S/c1-9(24)22-14-6-3-10(17(19,20)21)7-15(14)23-16(25)12-8-11(28(2,26)27)4-5-13(12)18/h3-8H,1-2H3,(H,22,24)(H,23,25). The molecule has 0 saturated heterocycles. The second-order valence-electron chi connectivity index (χ2n) is 5.81. The molecule has 2 amide bonds. The molecule has 0 atom stereocenters. The molecular formula is C17H14ClF3N2O4S. The molecule has 0 heterocycles. The van der Waals surface area contributed by atoms with Crippen LogP contribution in [0.5, 0.6) is 0 Å². The lowest BCUT2D eigenvalue weighted by Crippen LogP contribution is -2.17. The highest BCUT2D eigenvalue weighted by atomic mass is 35.5. The molecule has 11 heteroatoms. The smallest absolute Gasteiger partial charge is 0.325 e. The van der Waals surface area contributed by atoms with Crippen molar-refractivity contribution < 1.29 is 31.2 Å². The van der Waals surface area contributed by atoms with Gasteiger partial charge in [-0.3, -0.25) is 9.59 Å². The number of hydrogen-bond donors (Lipinski definition) is 2. The van der Waals surface area contributed by atoms with Crippen molar-refractivity contribution in [2.75, 3.05) is 16.9 Å². The number of anilines is 2. The number of hydrogen-bond acceptors (Lipinski definition) is 4. The molecule has 2 rings (SSSR count). The van der Waals surface area contributed by atoms with Gasteiger partial charge in [0.15, 0.2) is 9.84 Å². The molecule has 150 valence electrons. The second-order valence-corrected chi connectivity index (χ2v) is 8.23. The van der Waals surface area contributed by atoms with Crippen LogP contribution in [0.4, 0.5) is 24.5 Å². The molecule has 0 aromatic heterocycles. The van der Waals surface area contributed by atoms with Gasteiger partial charge in [-0.1, -0.05) is 11.6 Å². The third kappa shape index (κ3) is 5.23. The topological polar surface area (TPSA) is 92.3 Å². The zero-order valence-electron chi connectivity index (χ0n) is 14.5. The van der Waals surface area contributed by atoms with E-state index in [4.69, 9.17) is 11.6 Å². The van der Waals surface area contributed by atoms with Crippen LogP contribution in [-0.2, 0) is 20.8 Å². The molecule has 2 aromatic carbocycles. The molecular weight excluding hydrogens is 421 g/mol. The van der Waals surface area contributed by atoms with Crippen molar-refractivity contribution in [1.29, 1.82) is 0 Å². The minimum atomic E-state index is -4.68. The van der Waals surface area contributed by atoms with Crippen LogP contribution in [0.2, 0.25) is 5.02 Å². The van der Waals surface area contributed by atoms with Crippen molar-refractivity contribution in [3.8, 4) is 0 Å². The van der Waals surface area contributed by atoms with E-state index in [9.17, 15) is 31.2 Å². The highest BCUT2D eigenvalue weighted by molar-refractivity contribution is 7.90. The van der Waals surface area contributed by atoms with E-state index in [2.05, 4.69) is 10.6 Å². The van der Waals surface area contributed by atoms with Gasteiger partial charge in [-0.05, 0) is 36.4 Å². The number of benzene rings is 2. The lowest BCUT2D eigenvalue weighted by atomic mass is 10.1.